The molecule has 1 unspecified atom stereocenters. The molecule has 10 rings (SSSR count). The molecule has 0 amide bonds. The van der Waals surface area contributed by atoms with Gasteiger partial charge in [-0.1, -0.05) is 121 Å². The molecule has 0 saturated heterocycles. The second-order valence-corrected chi connectivity index (χ2v) is 13.7. The molecule has 2 aliphatic heterocycles. The van der Waals surface area contributed by atoms with Gasteiger partial charge in [0.25, 0.3) is 0 Å². The predicted octanol–water partition coefficient (Wildman–Crippen LogP) is 10.9. The Bertz CT molecular complexity index is 2510. The fourth-order valence-corrected chi connectivity index (χ4v) is 8.50. The van der Waals surface area contributed by atoms with E-state index >= 15 is 0 Å². The van der Waals surface area contributed by atoms with E-state index in [-0.39, 0.29) is 0 Å². The molecule has 0 N–H and O–H groups in total. The van der Waals surface area contributed by atoms with Crippen molar-refractivity contribution in [2.75, 3.05) is 13.6 Å². The Kier molecular flexibility index (Phi) is 6.78. The van der Waals surface area contributed by atoms with Crippen molar-refractivity contribution in [2.24, 2.45) is 0 Å². The van der Waals surface area contributed by atoms with E-state index in [0.717, 1.165) is 70.2 Å². The third-order valence-electron chi connectivity index (χ3n) is 10.8. The highest BCUT2D eigenvalue weighted by molar-refractivity contribution is 5.91. The van der Waals surface area contributed by atoms with Crippen LogP contribution < -0.4 is 4.74 Å². The second kappa shape index (κ2) is 11.7. The molecule has 6 aromatic rings. The number of fused-ring (bicyclic) bond motifs is 8. The highest BCUT2D eigenvalue weighted by Gasteiger charge is 2.51. The highest BCUT2D eigenvalue weighted by atomic mass is 16.5. The van der Waals surface area contributed by atoms with Crippen molar-refractivity contribution >= 4 is 11.3 Å². The number of rotatable bonds is 4. The van der Waals surface area contributed by atoms with Gasteiger partial charge in [0, 0.05) is 35.8 Å². The summed E-state index contributed by atoms with van der Waals surface area (Å²) >= 11 is 0. The van der Waals surface area contributed by atoms with Crippen LogP contribution in [0.15, 0.2) is 163 Å². The Morgan fingerprint density at radius 3 is 2.27 bits per heavy atom. The van der Waals surface area contributed by atoms with Gasteiger partial charge < -0.3 is 9.64 Å². The molecule has 4 nitrogen and oxygen atoms in total. The van der Waals surface area contributed by atoms with Crippen molar-refractivity contribution in [3.05, 3.63) is 191 Å². The lowest BCUT2D eigenvalue weighted by Crippen LogP contribution is -2.33. The van der Waals surface area contributed by atoms with Crippen molar-refractivity contribution in [2.45, 2.75) is 18.3 Å². The Labute approximate surface area is 298 Å². The van der Waals surface area contributed by atoms with Crippen LogP contribution in [0.2, 0.25) is 0 Å². The monoisotopic (exact) mass is 657 g/mol. The van der Waals surface area contributed by atoms with Gasteiger partial charge in [-0.25, -0.2) is 9.97 Å². The standard InChI is InChI=1S/C47H35N3O/c1-50-27-12-11-23-43(50)42-30-41(48-46(49-42)31-14-3-2-4-15-31)34-17-13-16-32(28-34)33-25-26-45-40(29-33)47(39-22-9-10-24-44(39)51-45)37-20-7-5-18-35(37)36-19-6-8-21-38(36)47/h2-5,7-18,20-26,28-30H,6,19,27H2,1H3. The summed E-state index contributed by atoms with van der Waals surface area (Å²) in [6, 6.07) is 45.4. The molecule has 0 fully saturated rings. The molecule has 0 saturated carbocycles. The summed E-state index contributed by atoms with van der Waals surface area (Å²) in [6.07, 6.45) is 13.2. The Balaban J connectivity index is 1.14. The number of hydrogen-bond donors (Lipinski definition) is 0. The largest absolute Gasteiger partial charge is 0.457 e. The topological polar surface area (TPSA) is 38.2 Å². The van der Waals surface area contributed by atoms with Gasteiger partial charge in [0.1, 0.15) is 11.5 Å². The first-order valence-electron chi connectivity index (χ1n) is 17.7. The van der Waals surface area contributed by atoms with E-state index in [1.54, 1.807) is 0 Å². The molecule has 1 aromatic heterocycles. The van der Waals surface area contributed by atoms with Crippen LogP contribution in [0.3, 0.4) is 0 Å². The summed E-state index contributed by atoms with van der Waals surface area (Å²) < 4.78 is 6.70. The van der Waals surface area contributed by atoms with Gasteiger partial charge in [-0.3, -0.25) is 0 Å². The number of nitrogens with zero attached hydrogens (tertiary/aromatic N) is 3. The molecule has 0 bridgehead atoms. The highest BCUT2D eigenvalue weighted by Crippen LogP contribution is 2.62. The van der Waals surface area contributed by atoms with Crippen LogP contribution in [0.5, 0.6) is 11.5 Å². The molecule has 4 aliphatic rings. The molecule has 51 heavy (non-hydrogen) atoms. The fraction of sp³-hybridized carbons (Fsp3) is 0.106. The minimum absolute atomic E-state index is 0.457. The van der Waals surface area contributed by atoms with Crippen LogP contribution in [0.1, 0.15) is 40.8 Å². The Morgan fingerprint density at radius 2 is 1.37 bits per heavy atom. The molecule has 5 aromatic carbocycles. The quantitative estimate of drug-likeness (QED) is 0.189. The summed E-state index contributed by atoms with van der Waals surface area (Å²) in [5.41, 5.74) is 14.6. The number of benzene rings is 5. The van der Waals surface area contributed by atoms with Gasteiger partial charge in [0.05, 0.1) is 22.5 Å². The van der Waals surface area contributed by atoms with E-state index in [9.17, 15) is 0 Å². The summed E-state index contributed by atoms with van der Waals surface area (Å²) in [5, 5.41) is 0. The summed E-state index contributed by atoms with van der Waals surface area (Å²) in [6.45, 7) is 0.841. The number of para-hydroxylation sites is 1. The van der Waals surface area contributed by atoms with Gasteiger partial charge >= 0.3 is 0 Å². The van der Waals surface area contributed by atoms with Crippen molar-refractivity contribution in [3.63, 3.8) is 0 Å². The van der Waals surface area contributed by atoms with Gasteiger partial charge in [-0.15, -0.1) is 0 Å². The average Bonchev–Trinajstić information content (AvgIpc) is 3.49. The van der Waals surface area contributed by atoms with Crippen molar-refractivity contribution in [3.8, 4) is 45.3 Å². The van der Waals surface area contributed by atoms with Gasteiger partial charge in [-0.2, -0.15) is 0 Å². The average molecular weight is 658 g/mol. The SMILES string of the molecule is CN1CC=CC=C1c1cc(-c2cccc(-c3ccc4c(c3)C3(C5=C(CCC=C5)c5ccccc53)c3ccccc3O4)c2)nc(-c2ccccc2)n1. The van der Waals surface area contributed by atoms with Gasteiger partial charge in [-0.05, 0) is 82.6 Å². The second-order valence-electron chi connectivity index (χ2n) is 13.7. The third-order valence-corrected chi connectivity index (χ3v) is 10.8. The molecule has 0 radical (unpaired) electrons. The summed E-state index contributed by atoms with van der Waals surface area (Å²) in [5.74, 6) is 2.54. The maximum absolute atomic E-state index is 6.70. The minimum atomic E-state index is -0.457. The molecular weight excluding hydrogens is 623 g/mol. The number of ether oxygens (including phenoxy) is 1. The van der Waals surface area contributed by atoms with Crippen molar-refractivity contribution in [1.82, 2.24) is 14.9 Å². The number of allylic oxidation sites excluding steroid dienone is 6. The van der Waals surface area contributed by atoms with Gasteiger partial charge in [0.15, 0.2) is 5.82 Å². The smallest absolute Gasteiger partial charge is 0.160 e. The van der Waals surface area contributed by atoms with Crippen LogP contribution in [0.4, 0.5) is 0 Å². The molecule has 1 atom stereocenters. The van der Waals surface area contributed by atoms with E-state index < -0.39 is 5.41 Å². The van der Waals surface area contributed by atoms with Crippen LogP contribution >= 0.6 is 0 Å². The first-order chi connectivity index (χ1) is 25.2. The minimum Gasteiger partial charge on any atom is -0.457 e. The number of likely N-dealkylation sites (N-methyl/N-ethyl adjacent to an activating group) is 1. The van der Waals surface area contributed by atoms with Gasteiger partial charge in [0.2, 0.25) is 0 Å². The van der Waals surface area contributed by atoms with Crippen molar-refractivity contribution in [1.29, 1.82) is 0 Å². The first kappa shape index (κ1) is 29.6. The van der Waals surface area contributed by atoms with E-state index in [1.165, 1.54) is 33.4 Å². The number of aromatic nitrogens is 2. The summed E-state index contributed by atoms with van der Waals surface area (Å²) in [4.78, 5) is 12.4. The molecule has 244 valence electrons. The first-order valence-corrected chi connectivity index (χ1v) is 17.7. The summed E-state index contributed by atoms with van der Waals surface area (Å²) in [7, 11) is 2.11. The van der Waals surface area contributed by atoms with Crippen LogP contribution in [0, 0.1) is 0 Å². The fourth-order valence-electron chi connectivity index (χ4n) is 8.50. The van der Waals surface area contributed by atoms with E-state index in [2.05, 4.69) is 152 Å². The normalized spacial score (nSPS) is 18.1. The zero-order chi connectivity index (χ0) is 33.9. The molecule has 3 heterocycles. The molecule has 2 aliphatic carbocycles. The zero-order valence-corrected chi connectivity index (χ0v) is 28.4. The molecule has 1 spiro atoms. The Hall–Kier alpha value is -6.26. The van der Waals surface area contributed by atoms with Crippen LogP contribution in [0.25, 0.3) is 45.0 Å². The van der Waals surface area contributed by atoms with E-state index in [4.69, 9.17) is 14.7 Å². The van der Waals surface area contributed by atoms with Crippen LogP contribution in [-0.4, -0.2) is 28.5 Å². The van der Waals surface area contributed by atoms with E-state index in [1.807, 2.05) is 18.2 Å². The maximum Gasteiger partial charge on any atom is 0.160 e. The van der Waals surface area contributed by atoms with Crippen molar-refractivity contribution < 1.29 is 4.74 Å². The molecular formula is C47H35N3O. The predicted molar refractivity (Wildman–Crippen MR) is 206 cm³/mol. The third kappa shape index (κ3) is 4.60. The Morgan fingerprint density at radius 1 is 0.627 bits per heavy atom. The lowest BCUT2D eigenvalue weighted by atomic mass is 9.64. The lowest BCUT2D eigenvalue weighted by molar-refractivity contribution is 0.435. The zero-order valence-electron chi connectivity index (χ0n) is 28.4. The number of hydrogen-bond acceptors (Lipinski definition) is 4. The molecule has 4 heteroatoms. The van der Waals surface area contributed by atoms with E-state index in [0.29, 0.717) is 5.82 Å². The maximum atomic E-state index is 6.70. The lowest BCUT2D eigenvalue weighted by Gasteiger charge is -2.40. The van der Waals surface area contributed by atoms with Crippen LogP contribution in [-0.2, 0) is 5.41 Å².